The summed E-state index contributed by atoms with van der Waals surface area (Å²) < 4.78 is 2.25. The van der Waals surface area contributed by atoms with Crippen molar-refractivity contribution in [3.63, 3.8) is 0 Å². The number of hydrogen-bond acceptors (Lipinski definition) is 0. The number of benzene rings is 2. The largest absolute Gasteiger partial charge is 0.212 e. The molecule has 4 rings (SSSR count). The van der Waals surface area contributed by atoms with Crippen LogP contribution in [0.2, 0.25) is 0 Å². The average Bonchev–Trinajstić information content (AvgIpc) is 3.07. The second-order valence-electron chi connectivity index (χ2n) is 8.42. The summed E-state index contributed by atoms with van der Waals surface area (Å²) in [4.78, 5) is 0. The zero-order valence-electron chi connectivity index (χ0n) is 16.8. The molecule has 0 bridgehead atoms. The Morgan fingerprint density at radius 2 is 1.78 bits per heavy atom. The average molecular weight is 357 g/mol. The molecule has 2 atom stereocenters. The normalized spacial score (nSPS) is 19.4. The van der Waals surface area contributed by atoms with Gasteiger partial charge in [0.15, 0.2) is 6.20 Å². The second-order valence-corrected chi connectivity index (χ2v) is 8.42. The summed E-state index contributed by atoms with van der Waals surface area (Å²) in [5.74, 6) is 1.78. The van der Waals surface area contributed by atoms with Gasteiger partial charge in [-0.3, -0.25) is 0 Å². The molecule has 2 unspecified atom stereocenters. The molecule has 1 aromatic heterocycles. The van der Waals surface area contributed by atoms with Crippen molar-refractivity contribution >= 4 is 0 Å². The molecular weight excluding hydrogens is 326 g/mol. The lowest BCUT2D eigenvalue weighted by Crippen LogP contribution is -2.30. The van der Waals surface area contributed by atoms with Crippen LogP contribution >= 0.6 is 0 Å². The molecular formula is C26H30N+. The summed E-state index contributed by atoms with van der Waals surface area (Å²) in [6.45, 7) is 4.57. The summed E-state index contributed by atoms with van der Waals surface area (Å²) in [7, 11) is 2.15. The number of rotatable bonds is 4. The van der Waals surface area contributed by atoms with Gasteiger partial charge in [0.2, 0.25) is 5.69 Å². The van der Waals surface area contributed by atoms with E-state index in [1.165, 1.54) is 59.2 Å². The van der Waals surface area contributed by atoms with Gasteiger partial charge in [0.1, 0.15) is 7.05 Å². The molecule has 1 heterocycles. The van der Waals surface area contributed by atoms with Crippen LogP contribution in [0.5, 0.6) is 0 Å². The predicted octanol–water partition coefficient (Wildman–Crippen LogP) is 6.13. The monoisotopic (exact) mass is 356 g/mol. The van der Waals surface area contributed by atoms with Crippen LogP contribution in [-0.4, -0.2) is 0 Å². The topological polar surface area (TPSA) is 3.88 Å². The molecule has 2 aromatic carbocycles. The first kappa shape index (κ1) is 18.0. The van der Waals surface area contributed by atoms with E-state index in [1.54, 1.807) is 0 Å². The minimum Gasteiger partial charge on any atom is -0.200 e. The summed E-state index contributed by atoms with van der Waals surface area (Å²) in [6.07, 6.45) is 7.68. The van der Waals surface area contributed by atoms with E-state index in [1.807, 2.05) is 0 Å². The van der Waals surface area contributed by atoms with Crippen molar-refractivity contribution in [3.05, 3.63) is 78.0 Å². The Morgan fingerprint density at radius 3 is 2.52 bits per heavy atom. The van der Waals surface area contributed by atoms with Gasteiger partial charge in [-0.05, 0) is 66.8 Å². The first-order valence-corrected chi connectivity index (χ1v) is 10.2. The van der Waals surface area contributed by atoms with Crippen molar-refractivity contribution < 1.29 is 4.57 Å². The zero-order chi connectivity index (χ0) is 18.8. The molecule has 0 amide bonds. The molecule has 1 aliphatic carbocycles. The van der Waals surface area contributed by atoms with Crippen LogP contribution in [0.1, 0.15) is 37.3 Å². The highest BCUT2D eigenvalue weighted by molar-refractivity contribution is 5.66. The summed E-state index contributed by atoms with van der Waals surface area (Å²) in [6, 6.07) is 22.3. The standard InChI is InChI=1S/C26H30N/c1-19-11-12-22(15-19)16-21-8-6-9-23(17-21)24-13-14-26(27(3)18-24)25-10-5-4-7-20(25)2/h4-10,13-14,17-19,22H,11-12,15-16H2,1-3H3/q+1. The molecule has 1 saturated carbocycles. The van der Waals surface area contributed by atoms with Crippen molar-refractivity contribution in [3.8, 4) is 22.4 Å². The summed E-state index contributed by atoms with van der Waals surface area (Å²) in [5.41, 5.74) is 7.97. The molecule has 138 valence electrons. The minimum atomic E-state index is 0.870. The predicted molar refractivity (Wildman–Crippen MR) is 113 cm³/mol. The number of hydrogen-bond donors (Lipinski definition) is 0. The van der Waals surface area contributed by atoms with Gasteiger partial charge in [-0.1, -0.05) is 55.8 Å². The summed E-state index contributed by atoms with van der Waals surface area (Å²) in [5, 5.41) is 0. The van der Waals surface area contributed by atoms with Gasteiger partial charge in [-0.15, -0.1) is 0 Å². The highest BCUT2D eigenvalue weighted by Crippen LogP contribution is 2.33. The first-order chi connectivity index (χ1) is 13.1. The smallest absolute Gasteiger partial charge is 0.200 e. The van der Waals surface area contributed by atoms with E-state index in [-0.39, 0.29) is 0 Å². The maximum atomic E-state index is 2.40. The van der Waals surface area contributed by atoms with Crippen LogP contribution in [0.3, 0.4) is 0 Å². The summed E-state index contributed by atoms with van der Waals surface area (Å²) >= 11 is 0. The lowest BCUT2D eigenvalue weighted by molar-refractivity contribution is -0.659. The lowest BCUT2D eigenvalue weighted by Gasteiger charge is -2.11. The van der Waals surface area contributed by atoms with E-state index < -0.39 is 0 Å². The Balaban J connectivity index is 1.59. The van der Waals surface area contributed by atoms with Crippen molar-refractivity contribution in [1.29, 1.82) is 0 Å². The Hall–Kier alpha value is -2.41. The molecule has 0 aliphatic heterocycles. The van der Waals surface area contributed by atoms with Crippen LogP contribution < -0.4 is 4.57 Å². The molecule has 1 nitrogen and oxygen atoms in total. The number of aromatic nitrogens is 1. The fourth-order valence-electron chi connectivity index (χ4n) is 4.64. The molecule has 0 radical (unpaired) electrons. The number of nitrogens with zero attached hydrogens (tertiary/aromatic N) is 1. The van der Waals surface area contributed by atoms with Crippen molar-refractivity contribution in [1.82, 2.24) is 0 Å². The fourth-order valence-corrected chi connectivity index (χ4v) is 4.64. The van der Waals surface area contributed by atoms with E-state index in [0.717, 1.165) is 11.8 Å². The Morgan fingerprint density at radius 1 is 0.926 bits per heavy atom. The highest BCUT2D eigenvalue weighted by Gasteiger charge is 2.21. The van der Waals surface area contributed by atoms with Crippen LogP contribution in [-0.2, 0) is 13.5 Å². The number of pyridine rings is 1. The van der Waals surface area contributed by atoms with Gasteiger partial charge < -0.3 is 0 Å². The molecule has 0 saturated heterocycles. The molecule has 1 fully saturated rings. The first-order valence-electron chi connectivity index (χ1n) is 10.2. The van der Waals surface area contributed by atoms with Crippen LogP contribution in [0.15, 0.2) is 66.9 Å². The van der Waals surface area contributed by atoms with E-state index >= 15 is 0 Å². The maximum absolute atomic E-state index is 2.40. The zero-order valence-corrected chi connectivity index (χ0v) is 16.8. The molecule has 27 heavy (non-hydrogen) atoms. The SMILES string of the molecule is Cc1ccccc1-c1ccc(-c2cccc(CC3CCC(C)C3)c2)c[n+]1C. The maximum Gasteiger partial charge on any atom is 0.212 e. The van der Waals surface area contributed by atoms with E-state index in [9.17, 15) is 0 Å². The Labute approximate surface area is 163 Å². The van der Waals surface area contributed by atoms with Gasteiger partial charge in [0.25, 0.3) is 0 Å². The minimum absolute atomic E-state index is 0.870. The van der Waals surface area contributed by atoms with Crippen molar-refractivity contribution in [2.75, 3.05) is 0 Å². The quantitative estimate of drug-likeness (QED) is 0.495. The Kier molecular flexibility index (Phi) is 5.11. The van der Waals surface area contributed by atoms with Gasteiger partial charge in [0.05, 0.1) is 0 Å². The molecule has 1 heteroatoms. The van der Waals surface area contributed by atoms with Gasteiger partial charge in [0, 0.05) is 17.2 Å². The highest BCUT2D eigenvalue weighted by atomic mass is 14.9. The molecule has 3 aromatic rings. The third-order valence-electron chi connectivity index (χ3n) is 6.14. The molecule has 1 aliphatic rings. The molecule has 0 N–H and O–H groups in total. The Bertz CT molecular complexity index is 940. The second kappa shape index (κ2) is 7.68. The van der Waals surface area contributed by atoms with E-state index in [4.69, 9.17) is 0 Å². The van der Waals surface area contributed by atoms with Gasteiger partial charge in [-0.2, -0.15) is 0 Å². The van der Waals surface area contributed by atoms with Gasteiger partial charge in [-0.25, -0.2) is 4.57 Å². The van der Waals surface area contributed by atoms with Crippen molar-refractivity contribution in [2.45, 2.75) is 39.5 Å². The van der Waals surface area contributed by atoms with Crippen LogP contribution in [0.4, 0.5) is 0 Å². The third kappa shape index (κ3) is 3.98. The van der Waals surface area contributed by atoms with Gasteiger partial charge >= 0.3 is 0 Å². The van der Waals surface area contributed by atoms with Crippen LogP contribution in [0.25, 0.3) is 22.4 Å². The third-order valence-corrected chi connectivity index (χ3v) is 6.14. The molecule has 0 spiro atoms. The van der Waals surface area contributed by atoms with E-state index in [2.05, 4.69) is 92.3 Å². The van der Waals surface area contributed by atoms with Crippen molar-refractivity contribution in [2.24, 2.45) is 18.9 Å². The van der Waals surface area contributed by atoms with E-state index in [0.29, 0.717) is 0 Å². The lowest BCUT2D eigenvalue weighted by atomic mass is 9.94. The van der Waals surface area contributed by atoms with Crippen LogP contribution in [0, 0.1) is 18.8 Å². The fraction of sp³-hybridized carbons (Fsp3) is 0.346. The number of aryl methyl sites for hydroxylation is 2.